The lowest BCUT2D eigenvalue weighted by molar-refractivity contribution is -0.121. The zero-order chi connectivity index (χ0) is 28.1. The van der Waals surface area contributed by atoms with Crippen LogP contribution >= 0.6 is 23.7 Å². The van der Waals surface area contributed by atoms with E-state index >= 15 is 4.39 Å². The Morgan fingerprint density at radius 1 is 1.17 bits per heavy atom. The molecule has 3 aliphatic heterocycles. The summed E-state index contributed by atoms with van der Waals surface area (Å²) in [5.41, 5.74) is 6.02. The predicted octanol–water partition coefficient (Wildman–Crippen LogP) is 5.62. The first kappa shape index (κ1) is 28.5. The topological polar surface area (TPSA) is 92.2 Å². The van der Waals surface area contributed by atoms with Gasteiger partial charge in [0.1, 0.15) is 5.82 Å². The summed E-state index contributed by atoms with van der Waals surface area (Å²) >= 11 is 1.30. The molecule has 2 aromatic heterocycles. The Kier molecular flexibility index (Phi) is 7.87. The molecule has 5 heterocycles. The van der Waals surface area contributed by atoms with Gasteiger partial charge in [0.15, 0.2) is 11.2 Å². The molecule has 2 amide bonds. The molecule has 42 heavy (non-hydrogen) atoms. The van der Waals surface area contributed by atoms with Gasteiger partial charge in [0.25, 0.3) is 11.8 Å². The molecule has 1 fully saturated rings. The second-order valence-electron chi connectivity index (χ2n) is 11.1. The third-order valence-corrected chi connectivity index (χ3v) is 9.35. The molecule has 0 aliphatic carbocycles. The molecule has 1 unspecified atom stereocenters. The fourth-order valence-corrected chi connectivity index (χ4v) is 7.11. The summed E-state index contributed by atoms with van der Waals surface area (Å²) in [6, 6.07) is 8.67. The molecule has 8 nitrogen and oxygen atoms in total. The van der Waals surface area contributed by atoms with E-state index in [9.17, 15) is 9.59 Å². The summed E-state index contributed by atoms with van der Waals surface area (Å²) in [6.07, 6.45) is 7.27. The van der Waals surface area contributed by atoms with Gasteiger partial charge >= 0.3 is 0 Å². The Bertz CT molecular complexity index is 1650. The number of benzene rings is 2. The van der Waals surface area contributed by atoms with Gasteiger partial charge in [-0.05, 0) is 86.0 Å². The number of nitrogens with zero attached hydrogens (tertiary/aromatic N) is 4. The van der Waals surface area contributed by atoms with Crippen molar-refractivity contribution in [1.29, 1.82) is 0 Å². The highest BCUT2D eigenvalue weighted by molar-refractivity contribution is 7.13. The monoisotopic (exact) mass is 606 g/mol. The van der Waals surface area contributed by atoms with Crippen LogP contribution in [0.3, 0.4) is 0 Å². The van der Waals surface area contributed by atoms with Crippen LogP contribution < -0.4 is 10.6 Å². The van der Waals surface area contributed by atoms with Crippen LogP contribution in [0.15, 0.2) is 48.2 Å². The molecule has 2 aromatic carbocycles. The summed E-state index contributed by atoms with van der Waals surface area (Å²) in [6.45, 7) is 4.90. The average Bonchev–Trinajstić information content (AvgIpc) is 3.77. The molecule has 1 saturated heterocycles. The molecular weight excluding hydrogens is 575 g/mol. The van der Waals surface area contributed by atoms with Gasteiger partial charge in [0.05, 0.1) is 18.6 Å². The van der Waals surface area contributed by atoms with E-state index in [0.717, 1.165) is 62.1 Å². The van der Waals surface area contributed by atoms with E-state index in [0.29, 0.717) is 33.4 Å². The van der Waals surface area contributed by atoms with Crippen LogP contribution in [0.4, 0.5) is 9.52 Å². The van der Waals surface area contributed by atoms with Crippen LogP contribution in [0, 0.1) is 12.7 Å². The molecule has 218 valence electrons. The number of fused-ring (bicyclic) bond motifs is 2. The number of thiazole rings is 1. The largest absolute Gasteiger partial charge is 0.334 e. The molecule has 2 N–H and O–H groups in total. The number of halogens is 2. The Morgan fingerprint density at radius 2 is 2.00 bits per heavy atom. The minimum absolute atomic E-state index is 0. The van der Waals surface area contributed by atoms with Gasteiger partial charge < -0.3 is 14.8 Å². The van der Waals surface area contributed by atoms with Crippen molar-refractivity contribution in [3.05, 3.63) is 87.7 Å². The Balaban J connectivity index is 0.00000316. The quantitative estimate of drug-likeness (QED) is 0.297. The van der Waals surface area contributed by atoms with Gasteiger partial charge in [-0.2, -0.15) is 0 Å². The minimum Gasteiger partial charge on any atom is -0.334 e. The van der Waals surface area contributed by atoms with Crippen LogP contribution in [0.2, 0.25) is 0 Å². The summed E-state index contributed by atoms with van der Waals surface area (Å²) < 4.78 is 17.7. The first-order valence-corrected chi connectivity index (χ1v) is 15.0. The standard InChI is InChI=1S/C31H31FN6O2S.ClH/c1-18-13-20(19-6-8-33-9-7-19)4-5-22(18)21-14-23-24(25(32)15-21)16-38(30(23)40)28(29(39)36-31-34-10-12-41-31)27-26-3-2-11-37(26)17-35-27;/h4-5,10,12-15,17,19,28,33H,2-3,6-9,11,16H2,1H3,(H,34,36,39);1H. The van der Waals surface area contributed by atoms with E-state index in [2.05, 4.69) is 32.7 Å². The molecule has 0 radical (unpaired) electrons. The first-order chi connectivity index (χ1) is 20.0. The number of piperidine rings is 1. The molecule has 0 saturated carbocycles. The number of hydrogen-bond acceptors (Lipinski definition) is 6. The van der Waals surface area contributed by atoms with Crippen molar-refractivity contribution in [2.75, 3.05) is 18.4 Å². The number of imidazole rings is 1. The molecule has 4 aromatic rings. The normalized spacial score (nSPS) is 17.1. The van der Waals surface area contributed by atoms with E-state index in [1.807, 2.05) is 17.6 Å². The maximum Gasteiger partial charge on any atom is 0.255 e. The molecule has 7 rings (SSSR count). The fourth-order valence-electron chi connectivity index (χ4n) is 6.57. The number of aromatic nitrogens is 3. The zero-order valence-electron chi connectivity index (χ0n) is 23.2. The second-order valence-corrected chi connectivity index (χ2v) is 12.0. The SMILES string of the molecule is Cc1cc(C2CCNCC2)ccc1-c1cc(F)c2c(c1)C(=O)N(C(C(=O)Nc1nccs1)c1ncn3c1CCC3)C2.Cl. The van der Waals surface area contributed by atoms with Crippen molar-refractivity contribution in [3.63, 3.8) is 0 Å². The molecule has 0 bridgehead atoms. The van der Waals surface area contributed by atoms with E-state index in [1.54, 1.807) is 24.0 Å². The van der Waals surface area contributed by atoms with Gasteiger partial charge in [0.2, 0.25) is 0 Å². The summed E-state index contributed by atoms with van der Waals surface area (Å²) in [7, 11) is 0. The number of nitrogens with one attached hydrogen (secondary N) is 2. The van der Waals surface area contributed by atoms with Crippen molar-refractivity contribution in [2.45, 2.75) is 57.7 Å². The molecule has 11 heteroatoms. The molecular formula is C31H32ClFN6O2S. The van der Waals surface area contributed by atoms with Crippen molar-refractivity contribution in [1.82, 2.24) is 24.8 Å². The van der Waals surface area contributed by atoms with E-state index in [-0.39, 0.29) is 24.9 Å². The Labute approximate surface area is 253 Å². The zero-order valence-corrected chi connectivity index (χ0v) is 24.9. The first-order valence-electron chi connectivity index (χ1n) is 14.2. The van der Waals surface area contributed by atoms with Crippen molar-refractivity contribution >= 4 is 40.7 Å². The third kappa shape index (κ3) is 5.01. The number of aryl methyl sites for hydroxylation is 2. The summed E-state index contributed by atoms with van der Waals surface area (Å²) in [5, 5.41) is 8.47. The molecule has 0 spiro atoms. The van der Waals surface area contributed by atoms with Gasteiger partial charge in [-0.25, -0.2) is 14.4 Å². The lowest BCUT2D eigenvalue weighted by Crippen LogP contribution is -2.38. The van der Waals surface area contributed by atoms with Crippen molar-refractivity contribution < 1.29 is 14.0 Å². The highest BCUT2D eigenvalue weighted by Gasteiger charge is 2.42. The van der Waals surface area contributed by atoms with E-state index in [4.69, 9.17) is 0 Å². The highest BCUT2D eigenvalue weighted by atomic mass is 35.5. The lowest BCUT2D eigenvalue weighted by atomic mass is 9.87. The summed E-state index contributed by atoms with van der Waals surface area (Å²) in [5.74, 6) is -0.694. The summed E-state index contributed by atoms with van der Waals surface area (Å²) in [4.78, 5) is 37.8. The maximum atomic E-state index is 15.7. The van der Waals surface area contributed by atoms with Gasteiger partial charge in [0, 0.05) is 34.9 Å². The van der Waals surface area contributed by atoms with Gasteiger partial charge in [-0.3, -0.25) is 14.9 Å². The second kappa shape index (κ2) is 11.6. The molecule has 3 aliphatic rings. The van der Waals surface area contributed by atoms with Gasteiger partial charge in [-0.1, -0.05) is 18.2 Å². The predicted molar refractivity (Wildman–Crippen MR) is 163 cm³/mol. The number of carbonyl (C=O) groups is 2. The number of rotatable bonds is 6. The Morgan fingerprint density at radius 3 is 2.76 bits per heavy atom. The highest BCUT2D eigenvalue weighted by Crippen LogP contribution is 2.39. The molecule has 1 atom stereocenters. The van der Waals surface area contributed by atoms with E-state index in [1.165, 1.54) is 27.9 Å². The fraction of sp³-hybridized carbons (Fsp3) is 0.355. The number of carbonyl (C=O) groups excluding carboxylic acids is 2. The smallest absolute Gasteiger partial charge is 0.255 e. The van der Waals surface area contributed by atoms with Crippen LogP contribution in [-0.2, 0) is 24.3 Å². The Hall–Kier alpha value is -3.60. The average molecular weight is 607 g/mol. The lowest BCUT2D eigenvalue weighted by Gasteiger charge is -2.26. The van der Waals surface area contributed by atoms with Crippen LogP contribution in [-0.4, -0.2) is 44.3 Å². The van der Waals surface area contributed by atoms with Gasteiger partial charge in [-0.15, -0.1) is 23.7 Å². The number of anilines is 1. The van der Waals surface area contributed by atoms with Crippen LogP contribution in [0.1, 0.15) is 69.7 Å². The van der Waals surface area contributed by atoms with Crippen LogP contribution in [0.25, 0.3) is 11.1 Å². The van der Waals surface area contributed by atoms with Crippen molar-refractivity contribution in [3.8, 4) is 11.1 Å². The maximum absolute atomic E-state index is 15.7. The third-order valence-electron chi connectivity index (χ3n) is 8.66. The van der Waals surface area contributed by atoms with Crippen LogP contribution in [0.5, 0.6) is 0 Å². The number of hydrogen-bond donors (Lipinski definition) is 2. The van der Waals surface area contributed by atoms with Crippen molar-refractivity contribution in [2.24, 2.45) is 0 Å². The minimum atomic E-state index is -0.998. The van der Waals surface area contributed by atoms with E-state index < -0.39 is 17.8 Å². The number of amides is 2.